The predicted octanol–water partition coefficient (Wildman–Crippen LogP) is 4.28. The molecule has 0 aliphatic heterocycles. The summed E-state index contributed by atoms with van der Waals surface area (Å²) in [4.78, 5) is 12.0. The van der Waals surface area contributed by atoms with Crippen LogP contribution in [-0.2, 0) is 0 Å². The molecule has 0 aliphatic rings. The molecule has 2 aromatic carbocycles. The van der Waals surface area contributed by atoms with Crippen LogP contribution >= 0.6 is 0 Å². The molecule has 0 aliphatic carbocycles. The molecule has 0 radical (unpaired) electrons. The summed E-state index contributed by atoms with van der Waals surface area (Å²) in [6.45, 7) is 4.02. The number of allylic oxidation sites excluding steroid dienone is 2. The van der Waals surface area contributed by atoms with Crippen LogP contribution in [0.2, 0.25) is 0 Å². The summed E-state index contributed by atoms with van der Waals surface area (Å²) in [5.41, 5.74) is 4.02. The number of ketones is 1. The van der Waals surface area contributed by atoms with Crippen LogP contribution in [0.25, 0.3) is 5.57 Å². The van der Waals surface area contributed by atoms with Crippen LogP contribution in [0.3, 0.4) is 0 Å². The molecular formula is C17H16O. The second-order valence-corrected chi connectivity index (χ2v) is 4.43. The van der Waals surface area contributed by atoms with Gasteiger partial charge in [-0.1, -0.05) is 60.2 Å². The minimum atomic E-state index is 0.0506. The highest BCUT2D eigenvalue weighted by Crippen LogP contribution is 2.16. The standard InChI is InChI=1S/C17H16O/c1-13-7-6-10-16(11-13)14(2)12-17(18)15-8-4-3-5-9-15/h3-12H,1-2H3. The Morgan fingerprint density at radius 3 is 2.28 bits per heavy atom. The molecular weight excluding hydrogens is 220 g/mol. The smallest absolute Gasteiger partial charge is 0.186 e. The molecule has 0 spiro atoms. The van der Waals surface area contributed by atoms with Gasteiger partial charge in [0.1, 0.15) is 0 Å². The van der Waals surface area contributed by atoms with Crippen molar-refractivity contribution in [3.63, 3.8) is 0 Å². The Morgan fingerprint density at radius 2 is 1.61 bits per heavy atom. The van der Waals surface area contributed by atoms with Gasteiger partial charge in [-0.15, -0.1) is 0 Å². The topological polar surface area (TPSA) is 17.1 Å². The van der Waals surface area contributed by atoms with Crippen molar-refractivity contribution < 1.29 is 4.79 Å². The van der Waals surface area contributed by atoms with E-state index >= 15 is 0 Å². The number of carbonyl (C=O) groups is 1. The normalized spacial score (nSPS) is 11.3. The van der Waals surface area contributed by atoms with Crippen LogP contribution in [-0.4, -0.2) is 5.78 Å². The summed E-state index contributed by atoms with van der Waals surface area (Å²) in [6.07, 6.45) is 1.70. The molecule has 0 heterocycles. The SMILES string of the molecule is CC(=CC(=O)c1ccccc1)c1cccc(C)c1. The maximum absolute atomic E-state index is 12.0. The summed E-state index contributed by atoms with van der Waals surface area (Å²) in [6, 6.07) is 17.5. The third kappa shape index (κ3) is 2.95. The van der Waals surface area contributed by atoms with Gasteiger partial charge >= 0.3 is 0 Å². The number of carbonyl (C=O) groups excluding carboxylic acids is 1. The molecule has 0 aromatic heterocycles. The van der Waals surface area contributed by atoms with E-state index in [0.29, 0.717) is 0 Å². The molecule has 1 heteroatoms. The number of rotatable bonds is 3. The molecule has 18 heavy (non-hydrogen) atoms. The van der Waals surface area contributed by atoms with Crippen molar-refractivity contribution in [2.75, 3.05) is 0 Å². The molecule has 0 atom stereocenters. The van der Waals surface area contributed by atoms with Crippen molar-refractivity contribution in [1.82, 2.24) is 0 Å². The quantitative estimate of drug-likeness (QED) is 0.574. The van der Waals surface area contributed by atoms with Crippen molar-refractivity contribution in [1.29, 1.82) is 0 Å². The molecule has 2 aromatic rings. The van der Waals surface area contributed by atoms with Gasteiger partial charge in [0, 0.05) is 5.56 Å². The Hall–Kier alpha value is -2.15. The van der Waals surface area contributed by atoms with Gasteiger partial charge in [0.05, 0.1) is 0 Å². The molecule has 0 saturated carbocycles. The molecule has 0 saturated heterocycles. The Bertz CT molecular complexity index is 580. The maximum atomic E-state index is 12.0. The highest BCUT2D eigenvalue weighted by molar-refractivity contribution is 6.08. The fraction of sp³-hybridized carbons (Fsp3) is 0.118. The predicted molar refractivity (Wildman–Crippen MR) is 75.6 cm³/mol. The second kappa shape index (κ2) is 5.46. The lowest BCUT2D eigenvalue weighted by Crippen LogP contribution is -1.95. The van der Waals surface area contributed by atoms with Crippen LogP contribution in [0, 0.1) is 6.92 Å². The van der Waals surface area contributed by atoms with Gasteiger partial charge in [0.15, 0.2) is 5.78 Å². The average Bonchev–Trinajstić information content (AvgIpc) is 2.39. The molecule has 0 N–H and O–H groups in total. The molecule has 2 rings (SSSR count). The van der Waals surface area contributed by atoms with Crippen LogP contribution in [0.1, 0.15) is 28.4 Å². The number of aryl methyl sites for hydroxylation is 1. The average molecular weight is 236 g/mol. The highest BCUT2D eigenvalue weighted by Gasteiger charge is 2.03. The zero-order valence-electron chi connectivity index (χ0n) is 10.7. The lowest BCUT2D eigenvalue weighted by atomic mass is 10.0. The molecule has 0 amide bonds. The Morgan fingerprint density at radius 1 is 0.944 bits per heavy atom. The summed E-state index contributed by atoms with van der Waals surface area (Å²) < 4.78 is 0. The van der Waals surface area contributed by atoms with Crippen LogP contribution in [0.15, 0.2) is 60.7 Å². The third-order valence-electron chi connectivity index (χ3n) is 2.88. The van der Waals surface area contributed by atoms with Crippen LogP contribution in [0.5, 0.6) is 0 Å². The maximum Gasteiger partial charge on any atom is 0.186 e. The first-order valence-electron chi connectivity index (χ1n) is 6.01. The zero-order valence-corrected chi connectivity index (χ0v) is 10.7. The molecule has 0 bridgehead atoms. The Kier molecular flexibility index (Phi) is 3.73. The van der Waals surface area contributed by atoms with Gasteiger partial charge in [-0.25, -0.2) is 0 Å². The zero-order chi connectivity index (χ0) is 13.0. The Labute approximate surface area is 108 Å². The largest absolute Gasteiger partial charge is 0.289 e. The van der Waals surface area contributed by atoms with Gasteiger partial charge in [0.25, 0.3) is 0 Å². The van der Waals surface area contributed by atoms with E-state index in [0.717, 1.165) is 16.7 Å². The highest BCUT2D eigenvalue weighted by atomic mass is 16.1. The fourth-order valence-electron chi connectivity index (χ4n) is 1.86. The lowest BCUT2D eigenvalue weighted by molar-refractivity contribution is 0.104. The number of hydrogen-bond acceptors (Lipinski definition) is 1. The molecule has 0 fully saturated rings. The van der Waals surface area contributed by atoms with E-state index < -0.39 is 0 Å². The van der Waals surface area contributed by atoms with Gasteiger partial charge in [0.2, 0.25) is 0 Å². The van der Waals surface area contributed by atoms with E-state index in [-0.39, 0.29) is 5.78 Å². The first-order chi connectivity index (χ1) is 8.66. The van der Waals surface area contributed by atoms with E-state index in [1.54, 1.807) is 6.08 Å². The molecule has 90 valence electrons. The summed E-state index contributed by atoms with van der Waals surface area (Å²) in [5.74, 6) is 0.0506. The number of benzene rings is 2. The Balaban J connectivity index is 2.26. The van der Waals surface area contributed by atoms with Gasteiger partial charge in [-0.3, -0.25) is 4.79 Å². The van der Waals surface area contributed by atoms with Crippen LogP contribution < -0.4 is 0 Å². The van der Waals surface area contributed by atoms with Gasteiger partial charge in [-0.2, -0.15) is 0 Å². The van der Waals surface area contributed by atoms with Crippen molar-refractivity contribution >= 4 is 11.4 Å². The van der Waals surface area contributed by atoms with Gasteiger partial charge < -0.3 is 0 Å². The van der Waals surface area contributed by atoms with E-state index in [9.17, 15) is 4.79 Å². The van der Waals surface area contributed by atoms with Gasteiger partial charge in [-0.05, 0) is 31.1 Å². The van der Waals surface area contributed by atoms with E-state index in [1.807, 2.05) is 49.4 Å². The molecule has 1 nitrogen and oxygen atoms in total. The summed E-state index contributed by atoms with van der Waals surface area (Å²) in [5, 5.41) is 0. The van der Waals surface area contributed by atoms with E-state index in [2.05, 4.69) is 19.1 Å². The van der Waals surface area contributed by atoms with Crippen LogP contribution in [0.4, 0.5) is 0 Å². The first-order valence-corrected chi connectivity index (χ1v) is 6.01. The second-order valence-electron chi connectivity index (χ2n) is 4.43. The van der Waals surface area contributed by atoms with Crippen molar-refractivity contribution in [3.05, 3.63) is 77.4 Å². The van der Waals surface area contributed by atoms with Crippen molar-refractivity contribution in [2.45, 2.75) is 13.8 Å². The number of hydrogen-bond donors (Lipinski definition) is 0. The summed E-state index contributed by atoms with van der Waals surface area (Å²) >= 11 is 0. The first kappa shape index (κ1) is 12.3. The third-order valence-corrected chi connectivity index (χ3v) is 2.88. The fourth-order valence-corrected chi connectivity index (χ4v) is 1.86. The van der Waals surface area contributed by atoms with Crippen molar-refractivity contribution in [3.8, 4) is 0 Å². The molecule has 0 unspecified atom stereocenters. The van der Waals surface area contributed by atoms with Crippen molar-refractivity contribution in [2.24, 2.45) is 0 Å². The minimum absolute atomic E-state index is 0.0506. The van der Waals surface area contributed by atoms with E-state index in [4.69, 9.17) is 0 Å². The monoisotopic (exact) mass is 236 g/mol. The summed E-state index contributed by atoms with van der Waals surface area (Å²) in [7, 11) is 0. The lowest BCUT2D eigenvalue weighted by Gasteiger charge is -2.03. The van der Waals surface area contributed by atoms with E-state index in [1.165, 1.54) is 5.56 Å². The minimum Gasteiger partial charge on any atom is -0.289 e.